The van der Waals surface area contributed by atoms with Crippen molar-refractivity contribution >= 4 is 10.9 Å². The van der Waals surface area contributed by atoms with Gasteiger partial charge in [0.05, 0.1) is 0 Å². The first-order valence-electron chi connectivity index (χ1n) is 4.93. The van der Waals surface area contributed by atoms with Crippen LogP contribution in [0.1, 0.15) is 19.4 Å². The Kier molecular flexibility index (Phi) is 2.09. The summed E-state index contributed by atoms with van der Waals surface area (Å²) in [4.78, 5) is 0. The predicted molar refractivity (Wildman–Crippen MR) is 57.0 cm³/mol. The molecule has 1 aromatic carbocycles. The molecule has 2 aromatic rings. The molecule has 0 radical (unpaired) electrons. The highest BCUT2D eigenvalue weighted by molar-refractivity contribution is 5.83. The molecule has 68 valence electrons. The van der Waals surface area contributed by atoms with Crippen LogP contribution >= 0.6 is 0 Å². The minimum atomic E-state index is 1.05. The Balaban J connectivity index is 2.72. The fourth-order valence-electron chi connectivity index (χ4n) is 1.87. The van der Waals surface area contributed by atoms with Gasteiger partial charge in [-0.1, -0.05) is 19.1 Å². The first-order valence-corrected chi connectivity index (χ1v) is 4.93. The summed E-state index contributed by atoms with van der Waals surface area (Å²) in [5.74, 6) is 0. The van der Waals surface area contributed by atoms with Gasteiger partial charge in [-0.05, 0) is 31.0 Å². The maximum atomic E-state index is 2.29. The fraction of sp³-hybridized carbons (Fsp3) is 0.333. The molecule has 0 N–H and O–H groups in total. The van der Waals surface area contributed by atoms with Gasteiger partial charge < -0.3 is 4.57 Å². The molecule has 1 heterocycles. The fourth-order valence-corrected chi connectivity index (χ4v) is 1.87. The number of rotatable bonds is 2. The molecule has 0 bridgehead atoms. The number of hydrogen-bond donors (Lipinski definition) is 0. The molecule has 1 nitrogen and oxygen atoms in total. The summed E-state index contributed by atoms with van der Waals surface area (Å²) >= 11 is 0. The van der Waals surface area contributed by atoms with Gasteiger partial charge in [-0.25, -0.2) is 0 Å². The Morgan fingerprint density at radius 1 is 1.15 bits per heavy atom. The van der Waals surface area contributed by atoms with Crippen molar-refractivity contribution in [2.24, 2.45) is 0 Å². The number of hydrogen-bond acceptors (Lipinski definition) is 0. The molecule has 0 aliphatic heterocycles. The molecule has 0 saturated carbocycles. The zero-order valence-electron chi connectivity index (χ0n) is 8.25. The van der Waals surface area contributed by atoms with E-state index in [-0.39, 0.29) is 0 Å². The SMILES string of the molecule is CCc1cccc2c1ccn2CC. The largest absolute Gasteiger partial charge is 0.348 e. The van der Waals surface area contributed by atoms with Crippen molar-refractivity contribution in [3.63, 3.8) is 0 Å². The Labute approximate surface area is 79.0 Å². The van der Waals surface area contributed by atoms with Gasteiger partial charge in [0.15, 0.2) is 0 Å². The van der Waals surface area contributed by atoms with E-state index in [0.717, 1.165) is 13.0 Å². The van der Waals surface area contributed by atoms with E-state index in [2.05, 4.69) is 48.9 Å². The molecule has 1 aromatic heterocycles. The van der Waals surface area contributed by atoms with Gasteiger partial charge in [0.25, 0.3) is 0 Å². The molecule has 0 atom stereocenters. The van der Waals surface area contributed by atoms with E-state index in [1.54, 1.807) is 0 Å². The first kappa shape index (κ1) is 8.36. The molecular formula is C12H15N. The van der Waals surface area contributed by atoms with Gasteiger partial charge in [-0.15, -0.1) is 0 Å². The van der Waals surface area contributed by atoms with Crippen LogP contribution in [0.25, 0.3) is 10.9 Å². The van der Waals surface area contributed by atoms with Crippen molar-refractivity contribution in [1.82, 2.24) is 4.57 Å². The maximum Gasteiger partial charge on any atom is 0.0482 e. The summed E-state index contributed by atoms with van der Waals surface area (Å²) in [6, 6.07) is 8.77. The van der Waals surface area contributed by atoms with E-state index in [9.17, 15) is 0 Å². The summed E-state index contributed by atoms with van der Waals surface area (Å²) in [5.41, 5.74) is 2.81. The zero-order chi connectivity index (χ0) is 9.26. The summed E-state index contributed by atoms with van der Waals surface area (Å²) in [7, 11) is 0. The summed E-state index contributed by atoms with van der Waals surface area (Å²) in [5, 5.41) is 1.41. The minimum absolute atomic E-state index is 1.05. The Hall–Kier alpha value is -1.24. The smallest absolute Gasteiger partial charge is 0.0482 e. The van der Waals surface area contributed by atoms with E-state index in [1.165, 1.54) is 16.5 Å². The van der Waals surface area contributed by atoms with Crippen molar-refractivity contribution in [3.8, 4) is 0 Å². The predicted octanol–water partition coefficient (Wildman–Crippen LogP) is 3.22. The molecule has 0 aliphatic carbocycles. The third kappa shape index (κ3) is 1.24. The highest BCUT2D eigenvalue weighted by Gasteiger charge is 2.01. The van der Waals surface area contributed by atoms with Crippen LogP contribution in [0.5, 0.6) is 0 Å². The topological polar surface area (TPSA) is 4.93 Å². The number of fused-ring (bicyclic) bond motifs is 1. The minimum Gasteiger partial charge on any atom is -0.348 e. The first-order chi connectivity index (χ1) is 6.36. The molecule has 13 heavy (non-hydrogen) atoms. The molecule has 0 amide bonds. The average Bonchev–Trinajstić information content (AvgIpc) is 2.60. The monoisotopic (exact) mass is 173 g/mol. The van der Waals surface area contributed by atoms with E-state index < -0.39 is 0 Å². The molecule has 0 aliphatic rings. The normalized spacial score (nSPS) is 10.9. The van der Waals surface area contributed by atoms with Crippen LogP contribution < -0.4 is 0 Å². The van der Waals surface area contributed by atoms with Crippen LogP contribution in [0.2, 0.25) is 0 Å². The van der Waals surface area contributed by atoms with Crippen molar-refractivity contribution in [3.05, 3.63) is 36.0 Å². The maximum absolute atomic E-state index is 2.29. The lowest BCUT2D eigenvalue weighted by molar-refractivity contribution is 0.797. The Bertz CT molecular complexity index is 412. The summed E-state index contributed by atoms with van der Waals surface area (Å²) in [6.07, 6.45) is 3.29. The molecule has 0 fully saturated rings. The molecule has 0 unspecified atom stereocenters. The van der Waals surface area contributed by atoms with Crippen LogP contribution in [0.15, 0.2) is 30.5 Å². The van der Waals surface area contributed by atoms with E-state index in [4.69, 9.17) is 0 Å². The van der Waals surface area contributed by atoms with Crippen LogP contribution in [-0.4, -0.2) is 4.57 Å². The standard InChI is InChI=1S/C12H15N/c1-3-10-6-5-7-12-11(10)8-9-13(12)4-2/h5-9H,3-4H2,1-2H3. The lowest BCUT2D eigenvalue weighted by Crippen LogP contribution is -1.90. The van der Waals surface area contributed by atoms with Crippen molar-refractivity contribution < 1.29 is 0 Å². The molecule has 2 rings (SSSR count). The highest BCUT2D eigenvalue weighted by atomic mass is 14.9. The van der Waals surface area contributed by atoms with Gasteiger partial charge in [-0.3, -0.25) is 0 Å². The lowest BCUT2D eigenvalue weighted by Gasteiger charge is -2.02. The lowest BCUT2D eigenvalue weighted by atomic mass is 10.1. The number of aryl methyl sites for hydroxylation is 2. The third-order valence-electron chi connectivity index (χ3n) is 2.63. The zero-order valence-corrected chi connectivity index (χ0v) is 8.25. The molecule has 0 spiro atoms. The van der Waals surface area contributed by atoms with Gasteiger partial charge in [0.1, 0.15) is 0 Å². The van der Waals surface area contributed by atoms with Gasteiger partial charge in [0, 0.05) is 23.6 Å². The van der Waals surface area contributed by atoms with Crippen molar-refractivity contribution in [1.29, 1.82) is 0 Å². The molecule has 0 saturated heterocycles. The van der Waals surface area contributed by atoms with Crippen molar-refractivity contribution in [2.45, 2.75) is 26.8 Å². The van der Waals surface area contributed by atoms with E-state index in [1.807, 2.05) is 0 Å². The average molecular weight is 173 g/mol. The number of aromatic nitrogens is 1. The quantitative estimate of drug-likeness (QED) is 0.657. The van der Waals surface area contributed by atoms with Crippen LogP contribution in [0, 0.1) is 0 Å². The van der Waals surface area contributed by atoms with Gasteiger partial charge in [0.2, 0.25) is 0 Å². The Morgan fingerprint density at radius 2 is 2.00 bits per heavy atom. The van der Waals surface area contributed by atoms with E-state index in [0.29, 0.717) is 0 Å². The van der Waals surface area contributed by atoms with Gasteiger partial charge >= 0.3 is 0 Å². The van der Waals surface area contributed by atoms with Crippen LogP contribution in [0.3, 0.4) is 0 Å². The third-order valence-corrected chi connectivity index (χ3v) is 2.63. The van der Waals surface area contributed by atoms with E-state index >= 15 is 0 Å². The van der Waals surface area contributed by atoms with Gasteiger partial charge in [-0.2, -0.15) is 0 Å². The highest BCUT2D eigenvalue weighted by Crippen LogP contribution is 2.20. The second-order valence-electron chi connectivity index (χ2n) is 3.31. The summed E-state index contributed by atoms with van der Waals surface area (Å²) < 4.78 is 2.29. The second-order valence-corrected chi connectivity index (χ2v) is 3.31. The van der Waals surface area contributed by atoms with Crippen LogP contribution in [0.4, 0.5) is 0 Å². The molecular weight excluding hydrogens is 158 g/mol. The molecule has 1 heteroatoms. The Morgan fingerprint density at radius 3 is 2.69 bits per heavy atom. The van der Waals surface area contributed by atoms with Crippen LogP contribution in [-0.2, 0) is 13.0 Å². The number of benzene rings is 1. The van der Waals surface area contributed by atoms with Crippen molar-refractivity contribution in [2.75, 3.05) is 0 Å². The second kappa shape index (κ2) is 3.25. The summed E-state index contributed by atoms with van der Waals surface area (Å²) in [6.45, 7) is 5.44. The number of nitrogens with zero attached hydrogens (tertiary/aromatic N) is 1.